The van der Waals surface area contributed by atoms with E-state index in [4.69, 9.17) is 4.74 Å². The molecule has 1 unspecified atom stereocenters. The molecule has 0 saturated carbocycles. The topological polar surface area (TPSA) is 72.0 Å². The molecule has 40 heavy (non-hydrogen) atoms. The van der Waals surface area contributed by atoms with Crippen molar-refractivity contribution in [3.05, 3.63) is 114 Å². The maximum atomic E-state index is 12.8. The molecular weight excluding hydrogens is 496 g/mol. The highest BCUT2D eigenvalue weighted by Crippen LogP contribution is 2.30. The van der Waals surface area contributed by atoms with Gasteiger partial charge in [0.1, 0.15) is 0 Å². The summed E-state index contributed by atoms with van der Waals surface area (Å²) in [5.74, 6) is -0.0992. The number of carbonyl (C=O) groups excluding carboxylic acids is 1. The largest absolute Gasteiger partial charge is 0.381 e. The first-order chi connectivity index (χ1) is 19.6. The van der Waals surface area contributed by atoms with Crippen LogP contribution in [0, 0.1) is 11.3 Å². The number of hydrogen-bond acceptors (Lipinski definition) is 3. The van der Waals surface area contributed by atoms with Crippen LogP contribution >= 0.6 is 0 Å². The van der Waals surface area contributed by atoms with E-state index < -0.39 is 0 Å². The molecule has 6 rings (SSSR count). The first-order valence-corrected chi connectivity index (χ1v) is 14.0. The molecule has 1 fully saturated rings. The molecule has 1 aliphatic rings. The number of rotatable bonds is 8. The molecule has 6 heteroatoms. The molecule has 1 saturated heterocycles. The summed E-state index contributed by atoms with van der Waals surface area (Å²) in [5, 5.41) is 12.3. The highest BCUT2D eigenvalue weighted by Gasteiger charge is 2.24. The number of carbonyl (C=O) groups is 1. The minimum atomic E-state index is -0.103. The fourth-order valence-corrected chi connectivity index (χ4v) is 5.66. The Bertz CT molecular complexity index is 1710. The summed E-state index contributed by atoms with van der Waals surface area (Å²) in [4.78, 5) is 12.8. The van der Waals surface area contributed by atoms with Gasteiger partial charge in [-0.25, -0.2) is 0 Å². The zero-order chi connectivity index (χ0) is 27.5. The Morgan fingerprint density at radius 1 is 0.900 bits per heavy atom. The average molecular weight is 531 g/mol. The molecule has 1 aliphatic heterocycles. The van der Waals surface area contributed by atoms with Crippen molar-refractivity contribution in [1.82, 2.24) is 9.13 Å². The van der Waals surface area contributed by atoms with Crippen LogP contribution in [0.15, 0.2) is 97.1 Å². The number of nitrogens with one attached hydrogen (secondary N) is 2. The summed E-state index contributed by atoms with van der Waals surface area (Å²) in [7, 11) is 0. The molecule has 0 bridgehead atoms. The van der Waals surface area contributed by atoms with Crippen molar-refractivity contribution in [2.75, 3.05) is 18.5 Å². The fourth-order valence-electron chi connectivity index (χ4n) is 5.66. The number of aryl methyl sites for hydroxylation is 1. The minimum absolute atomic E-state index is 0.00398. The lowest BCUT2D eigenvalue weighted by atomic mass is 10.0. The Morgan fingerprint density at radius 2 is 1.60 bits per heavy atom. The first kappa shape index (κ1) is 25.8. The van der Waals surface area contributed by atoms with E-state index >= 15 is 0 Å². The number of benzene rings is 4. The van der Waals surface area contributed by atoms with Gasteiger partial charge in [-0.1, -0.05) is 80.1 Å². The highest BCUT2D eigenvalue weighted by atomic mass is 16.5. The molecule has 0 spiro atoms. The summed E-state index contributed by atoms with van der Waals surface area (Å²) in [5.41, 5.74) is 8.75. The predicted octanol–water partition coefficient (Wildman–Crippen LogP) is 6.55. The van der Waals surface area contributed by atoms with Crippen LogP contribution in [0.25, 0.3) is 27.8 Å². The van der Waals surface area contributed by atoms with E-state index in [1.807, 2.05) is 41.0 Å². The number of hydrogen-bond donors (Lipinski definition) is 2. The van der Waals surface area contributed by atoms with Crippen molar-refractivity contribution in [1.29, 1.82) is 5.41 Å². The van der Waals surface area contributed by atoms with Crippen molar-refractivity contribution in [3.63, 3.8) is 0 Å². The van der Waals surface area contributed by atoms with Crippen LogP contribution < -0.4 is 10.9 Å². The Labute approximate surface area is 234 Å². The van der Waals surface area contributed by atoms with Crippen LogP contribution in [-0.4, -0.2) is 28.3 Å². The Kier molecular flexibility index (Phi) is 7.34. The number of amides is 1. The van der Waals surface area contributed by atoms with E-state index in [-0.39, 0.29) is 11.8 Å². The van der Waals surface area contributed by atoms with Crippen molar-refractivity contribution in [2.24, 2.45) is 5.92 Å². The van der Waals surface area contributed by atoms with Crippen LogP contribution in [0.3, 0.4) is 0 Å². The molecule has 0 radical (unpaired) electrons. The van der Waals surface area contributed by atoms with Gasteiger partial charge in [-0.15, -0.1) is 0 Å². The molecule has 0 aliphatic carbocycles. The number of para-hydroxylation sites is 3. The monoisotopic (exact) mass is 530 g/mol. The van der Waals surface area contributed by atoms with E-state index in [0.29, 0.717) is 25.4 Å². The lowest BCUT2D eigenvalue weighted by molar-refractivity contribution is -0.119. The van der Waals surface area contributed by atoms with E-state index in [9.17, 15) is 10.2 Å². The Balaban J connectivity index is 1.34. The van der Waals surface area contributed by atoms with Gasteiger partial charge in [0.15, 0.2) is 0 Å². The minimum Gasteiger partial charge on any atom is -0.381 e. The average Bonchev–Trinajstić information content (AvgIpc) is 3.62. The van der Waals surface area contributed by atoms with Crippen molar-refractivity contribution >= 4 is 22.6 Å². The Hall–Kier alpha value is -4.42. The summed E-state index contributed by atoms with van der Waals surface area (Å²) in [6, 6.07) is 32.9. The van der Waals surface area contributed by atoms with Gasteiger partial charge in [-0.2, -0.15) is 0 Å². The van der Waals surface area contributed by atoms with Crippen molar-refractivity contribution in [3.8, 4) is 16.8 Å². The zero-order valence-corrected chi connectivity index (χ0v) is 22.8. The molecule has 2 heterocycles. The van der Waals surface area contributed by atoms with E-state index in [0.717, 1.165) is 52.8 Å². The van der Waals surface area contributed by atoms with Crippen LogP contribution in [0.4, 0.5) is 5.69 Å². The van der Waals surface area contributed by atoms with Crippen molar-refractivity contribution in [2.45, 2.75) is 32.7 Å². The number of fused-ring (bicyclic) bond motifs is 1. The second kappa shape index (κ2) is 11.4. The second-order valence-electron chi connectivity index (χ2n) is 10.4. The van der Waals surface area contributed by atoms with Crippen LogP contribution in [0.2, 0.25) is 0 Å². The SMILES string of the molecule is CCCc1ccccc1Cn1c(=N)n(-c2ccc(-c3ccccc3NC(=O)C3CCOC3)cc2)c2ccccc21. The second-order valence-corrected chi connectivity index (χ2v) is 10.4. The third-order valence-corrected chi connectivity index (χ3v) is 7.77. The smallest absolute Gasteiger partial charge is 0.229 e. The molecule has 5 aromatic rings. The maximum absolute atomic E-state index is 12.8. The van der Waals surface area contributed by atoms with Crippen LogP contribution in [-0.2, 0) is 22.5 Å². The van der Waals surface area contributed by atoms with Crippen molar-refractivity contribution < 1.29 is 9.53 Å². The number of anilines is 1. The lowest BCUT2D eigenvalue weighted by Gasteiger charge is -2.14. The first-order valence-electron chi connectivity index (χ1n) is 14.0. The molecule has 1 aromatic heterocycles. The van der Waals surface area contributed by atoms with Crippen LogP contribution in [0.1, 0.15) is 30.9 Å². The van der Waals surface area contributed by atoms with Gasteiger partial charge in [0, 0.05) is 23.5 Å². The normalized spacial score (nSPS) is 15.0. The predicted molar refractivity (Wildman–Crippen MR) is 160 cm³/mol. The molecule has 2 N–H and O–H groups in total. The standard InChI is InChI=1S/C34H34N4O2/c1-2-9-24-10-3-4-11-26(24)22-37-31-14-7-8-15-32(31)38(34(37)35)28-18-16-25(17-19-28)29-12-5-6-13-30(29)36-33(39)27-20-21-40-23-27/h3-8,10-19,27,35H,2,9,20-23H2,1H3,(H,36,39). The zero-order valence-electron chi connectivity index (χ0n) is 22.8. The summed E-state index contributed by atoms with van der Waals surface area (Å²) < 4.78 is 9.50. The maximum Gasteiger partial charge on any atom is 0.229 e. The molecule has 1 atom stereocenters. The van der Waals surface area contributed by atoms with E-state index in [1.54, 1.807) is 0 Å². The highest BCUT2D eigenvalue weighted by molar-refractivity contribution is 5.97. The number of imidazole rings is 1. The number of aromatic nitrogens is 2. The van der Waals surface area contributed by atoms with Crippen LogP contribution in [0.5, 0.6) is 0 Å². The molecule has 202 valence electrons. The van der Waals surface area contributed by atoms with Gasteiger partial charge in [-0.05, 0) is 59.9 Å². The molecule has 6 nitrogen and oxygen atoms in total. The quantitative estimate of drug-likeness (QED) is 0.239. The fraction of sp³-hybridized carbons (Fsp3) is 0.235. The van der Waals surface area contributed by atoms with E-state index in [1.165, 1.54) is 11.1 Å². The molecule has 4 aromatic carbocycles. The number of ether oxygens (including phenoxy) is 1. The summed E-state index contributed by atoms with van der Waals surface area (Å²) in [6.07, 6.45) is 2.87. The van der Waals surface area contributed by atoms with Gasteiger partial charge in [-0.3, -0.25) is 14.8 Å². The van der Waals surface area contributed by atoms with Gasteiger partial charge in [0.2, 0.25) is 11.5 Å². The van der Waals surface area contributed by atoms with E-state index in [2.05, 4.69) is 77.5 Å². The summed E-state index contributed by atoms with van der Waals surface area (Å²) >= 11 is 0. The van der Waals surface area contributed by atoms with Gasteiger partial charge in [0.05, 0.1) is 30.1 Å². The number of nitrogens with zero attached hydrogens (tertiary/aromatic N) is 2. The third kappa shape index (κ3) is 4.98. The Morgan fingerprint density at radius 3 is 2.35 bits per heavy atom. The third-order valence-electron chi connectivity index (χ3n) is 7.77. The van der Waals surface area contributed by atoms with Gasteiger partial charge >= 0.3 is 0 Å². The lowest BCUT2D eigenvalue weighted by Crippen LogP contribution is -2.24. The van der Waals surface area contributed by atoms with Gasteiger partial charge in [0.25, 0.3) is 0 Å². The molecular formula is C34H34N4O2. The molecule has 1 amide bonds. The van der Waals surface area contributed by atoms with Gasteiger partial charge < -0.3 is 14.6 Å². The summed E-state index contributed by atoms with van der Waals surface area (Å²) in [6.45, 7) is 3.97.